The maximum atomic E-state index is 12.6. The first-order valence-corrected chi connectivity index (χ1v) is 9.46. The average molecular weight is 386 g/mol. The monoisotopic (exact) mass is 386 g/mol. The molecule has 0 radical (unpaired) electrons. The molecule has 2 N–H and O–H groups in total. The van der Waals surface area contributed by atoms with Crippen molar-refractivity contribution in [1.82, 2.24) is 24.5 Å². The molecule has 0 atom stereocenters. The zero-order chi connectivity index (χ0) is 19.4. The Morgan fingerprint density at radius 2 is 1.89 bits per heavy atom. The molecule has 1 amide bonds. The third-order valence-electron chi connectivity index (χ3n) is 3.79. The van der Waals surface area contributed by atoms with Crippen molar-refractivity contribution in [2.24, 2.45) is 0 Å². The molecule has 0 aliphatic rings. The van der Waals surface area contributed by atoms with E-state index in [1.165, 1.54) is 35.6 Å². The van der Waals surface area contributed by atoms with Gasteiger partial charge in [-0.2, -0.15) is 9.40 Å². The number of rotatable bonds is 6. The van der Waals surface area contributed by atoms with Crippen LogP contribution in [0.1, 0.15) is 21.9 Å². The van der Waals surface area contributed by atoms with E-state index in [-0.39, 0.29) is 17.3 Å². The number of hydrogen-bond donors (Lipinski definition) is 2. The van der Waals surface area contributed by atoms with Crippen molar-refractivity contribution in [3.05, 3.63) is 65.9 Å². The summed E-state index contributed by atoms with van der Waals surface area (Å²) in [6.07, 6.45) is 3.10. The highest BCUT2D eigenvalue weighted by atomic mass is 32.2. The Morgan fingerprint density at radius 1 is 1.15 bits per heavy atom. The molecule has 2 heterocycles. The number of amides is 1. The number of sulfonamides is 1. The van der Waals surface area contributed by atoms with Crippen LogP contribution < -0.4 is 5.32 Å². The minimum absolute atomic E-state index is 0.0962. The van der Waals surface area contributed by atoms with Gasteiger partial charge in [-0.25, -0.2) is 18.4 Å². The molecule has 0 aliphatic carbocycles. The second-order valence-electron chi connectivity index (χ2n) is 5.81. The van der Waals surface area contributed by atoms with Crippen molar-refractivity contribution < 1.29 is 13.2 Å². The minimum atomic E-state index is -3.69. The lowest BCUT2D eigenvalue weighted by Crippen LogP contribution is -2.26. The smallest absolute Gasteiger partial charge is 0.256 e. The number of carbonyl (C=O) groups excluding carboxylic acids is 1. The number of hydrogen-bond acceptors (Lipinski definition) is 6. The number of aromatic nitrogens is 4. The Balaban J connectivity index is 1.73. The number of nitrogens with zero attached hydrogens (tertiary/aromatic N) is 4. The highest BCUT2D eigenvalue weighted by molar-refractivity contribution is 7.89. The fourth-order valence-electron chi connectivity index (χ4n) is 2.37. The van der Waals surface area contributed by atoms with Gasteiger partial charge in [0.25, 0.3) is 5.91 Å². The van der Waals surface area contributed by atoms with Crippen molar-refractivity contribution >= 4 is 21.7 Å². The second-order valence-corrected chi connectivity index (χ2v) is 7.86. The molecule has 0 unspecified atom stereocenters. The molecule has 3 aromatic rings. The number of H-pyrrole nitrogens is 1. The van der Waals surface area contributed by atoms with Gasteiger partial charge in [0, 0.05) is 25.0 Å². The molecule has 0 fully saturated rings. The third-order valence-corrected chi connectivity index (χ3v) is 5.61. The number of nitrogens with one attached hydrogen (secondary N) is 2. The van der Waals surface area contributed by atoms with Crippen molar-refractivity contribution in [2.75, 3.05) is 12.4 Å². The van der Waals surface area contributed by atoms with E-state index in [0.717, 1.165) is 0 Å². The summed E-state index contributed by atoms with van der Waals surface area (Å²) in [6.45, 7) is 1.88. The van der Waals surface area contributed by atoms with E-state index >= 15 is 0 Å². The van der Waals surface area contributed by atoms with Crippen LogP contribution in [0.25, 0.3) is 0 Å². The summed E-state index contributed by atoms with van der Waals surface area (Å²) in [5.41, 5.74) is 0.999. The molecular formula is C17H18N6O3S. The van der Waals surface area contributed by atoms with Gasteiger partial charge in [-0.3, -0.25) is 9.89 Å². The summed E-state index contributed by atoms with van der Waals surface area (Å²) >= 11 is 0. The van der Waals surface area contributed by atoms with Gasteiger partial charge < -0.3 is 5.32 Å². The molecule has 0 spiro atoms. The topological polar surface area (TPSA) is 121 Å². The molecule has 0 saturated carbocycles. The van der Waals surface area contributed by atoms with Gasteiger partial charge in [-0.05, 0) is 43.3 Å². The van der Waals surface area contributed by atoms with Gasteiger partial charge in [-0.1, -0.05) is 0 Å². The first-order valence-electron chi connectivity index (χ1n) is 8.02. The zero-order valence-corrected chi connectivity index (χ0v) is 15.6. The summed E-state index contributed by atoms with van der Waals surface area (Å²) in [7, 11) is -2.21. The lowest BCUT2D eigenvalue weighted by molar-refractivity contribution is 0.102. The number of carbonyl (C=O) groups is 1. The van der Waals surface area contributed by atoms with Gasteiger partial charge in [0.1, 0.15) is 11.6 Å². The Kier molecular flexibility index (Phi) is 5.28. The lowest BCUT2D eigenvalue weighted by Gasteiger charge is -2.16. The van der Waals surface area contributed by atoms with E-state index in [0.29, 0.717) is 22.9 Å². The maximum absolute atomic E-state index is 12.6. The third kappa shape index (κ3) is 4.36. The van der Waals surface area contributed by atoms with Gasteiger partial charge in [0.05, 0.1) is 17.1 Å². The molecule has 140 valence electrons. The van der Waals surface area contributed by atoms with E-state index in [4.69, 9.17) is 0 Å². The molecule has 27 heavy (non-hydrogen) atoms. The van der Waals surface area contributed by atoms with Crippen molar-refractivity contribution in [2.45, 2.75) is 18.4 Å². The van der Waals surface area contributed by atoms with Crippen LogP contribution in [-0.4, -0.2) is 45.8 Å². The zero-order valence-electron chi connectivity index (χ0n) is 14.7. The van der Waals surface area contributed by atoms with Gasteiger partial charge >= 0.3 is 0 Å². The highest BCUT2D eigenvalue weighted by Crippen LogP contribution is 2.17. The molecule has 0 aliphatic heterocycles. The molecule has 0 bridgehead atoms. The predicted octanol–water partition coefficient (Wildman–Crippen LogP) is 1.58. The van der Waals surface area contributed by atoms with E-state index in [1.54, 1.807) is 31.5 Å². The van der Waals surface area contributed by atoms with Crippen LogP contribution in [0.4, 0.5) is 5.82 Å². The largest absolute Gasteiger partial charge is 0.306 e. The quantitative estimate of drug-likeness (QED) is 0.663. The van der Waals surface area contributed by atoms with Crippen LogP contribution >= 0.6 is 0 Å². The van der Waals surface area contributed by atoms with Crippen molar-refractivity contribution in [1.29, 1.82) is 0 Å². The van der Waals surface area contributed by atoms with Crippen LogP contribution in [0.5, 0.6) is 0 Å². The van der Waals surface area contributed by atoms with Crippen molar-refractivity contribution in [3.8, 4) is 0 Å². The Labute approximate surface area is 156 Å². The molecular weight excluding hydrogens is 368 g/mol. The number of aryl methyl sites for hydroxylation is 1. The minimum Gasteiger partial charge on any atom is -0.306 e. The Hall–Kier alpha value is -3.11. The van der Waals surface area contributed by atoms with Crippen LogP contribution in [0.3, 0.4) is 0 Å². The predicted molar refractivity (Wildman–Crippen MR) is 98.4 cm³/mol. The standard InChI is InChI=1S/C17H18N6O3S/c1-12-18-9-8-16(20-12)21-17(24)13-3-5-15(6-4-13)27(25,26)23(2)11-14-7-10-19-22-14/h3-10H,11H2,1-2H3,(H,19,22)(H,18,20,21,24). The molecule has 0 saturated heterocycles. The fourth-order valence-corrected chi connectivity index (χ4v) is 3.52. The van der Waals surface area contributed by atoms with Crippen LogP contribution in [-0.2, 0) is 16.6 Å². The fraction of sp³-hybridized carbons (Fsp3) is 0.176. The van der Waals surface area contributed by atoms with Gasteiger partial charge in [0.2, 0.25) is 10.0 Å². The van der Waals surface area contributed by atoms with E-state index in [1.807, 2.05) is 0 Å². The summed E-state index contributed by atoms with van der Waals surface area (Å²) in [6, 6.07) is 9.00. The van der Waals surface area contributed by atoms with Crippen LogP contribution in [0.2, 0.25) is 0 Å². The molecule has 9 nitrogen and oxygen atoms in total. The summed E-state index contributed by atoms with van der Waals surface area (Å²) in [4.78, 5) is 20.4. The SMILES string of the molecule is Cc1nccc(NC(=O)c2ccc(S(=O)(=O)N(C)Cc3ccn[nH]3)cc2)n1. The van der Waals surface area contributed by atoms with E-state index in [2.05, 4.69) is 25.5 Å². The Bertz CT molecular complexity index is 1030. The average Bonchev–Trinajstić information content (AvgIpc) is 3.15. The summed E-state index contributed by atoms with van der Waals surface area (Å²) in [5.74, 6) is 0.529. The first kappa shape index (κ1) is 18.7. The van der Waals surface area contributed by atoms with Crippen molar-refractivity contribution in [3.63, 3.8) is 0 Å². The maximum Gasteiger partial charge on any atom is 0.256 e. The lowest BCUT2D eigenvalue weighted by atomic mass is 10.2. The van der Waals surface area contributed by atoms with Crippen LogP contribution in [0, 0.1) is 6.92 Å². The molecule has 3 rings (SSSR count). The number of aromatic amines is 1. The first-order chi connectivity index (χ1) is 12.9. The molecule has 10 heteroatoms. The Morgan fingerprint density at radius 3 is 2.52 bits per heavy atom. The van der Waals surface area contributed by atoms with E-state index in [9.17, 15) is 13.2 Å². The summed E-state index contributed by atoms with van der Waals surface area (Å²) < 4.78 is 26.5. The molecule has 1 aromatic carbocycles. The summed E-state index contributed by atoms with van der Waals surface area (Å²) in [5, 5.41) is 9.17. The van der Waals surface area contributed by atoms with Crippen LogP contribution in [0.15, 0.2) is 53.7 Å². The second kappa shape index (κ2) is 7.64. The molecule has 2 aromatic heterocycles. The van der Waals surface area contributed by atoms with Gasteiger partial charge in [0.15, 0.2) is 0 Å². The van der Waals surface area contributed by atoms with Gasteiger partial charge in [-0.15, -0.1) is 0 Å². The highest BCUT2D eigenvalue weighted by Gasteiger charge is 2.21. The number of benzene rings is 1. The number of anilines is 1. The van der Waals surface area contributed by atoms with E-state index < -0.39 is 10.0 Å². The normalized spacial score (nSPS) is 11.5.